The van der Waals surface area contributed by atoms with Crippen LogP contribution in [0.5, 0.6) is 0 Å². The molecule has 0 aromatic heterocycles. The van der Waals surface area contributed by atoms with E-state index in [-0.39, 0.29) is 0 Å². The van der Waals surface area contributed by atoms with Crippen LogP contribution in [0.1, 0.15) is 24.0 Å². The summed E-state index contributed by atoms with van der Waals surface area (Å²) < 4.78 is 0. The van der Waals surface area contributed by atoms with Crippen molar-refractivity contribution in [3.63, 3.8) is 0 Å². The fourth-order valence-electron chi connectivity index (χ4n) is 2.94. The highest BCUT2D eigenvalue weighted by atomic mass is 32.1. The zero-order valence-electron chi connectivity index (χ0n) is 11.8. The Morgan fingerprint density at radius 2 is 2.05 bits per heavy atom. The molecule has 104 valence electrons. The minimum atomic E-state index is 0.547. The largest absolute Gasteiger partial charge is 0.331 e. The molecule has 2 aliphatic rings. The summed E-state index contributed by atoms with van der Waals surface area (Å²) >= 11 is 5.32. The molecule has 2 aliphatic carbocycles. The van der Waals surface area contributed by atoms with Gasteiger partial charge in [0, 0.05) is 17.3 Å². The number of anilines is 1. The molecule has 1 saturated carbocycles. The molecule has 3 nitrogen and oxygen atoms in total. The summed E-state index contributed by atoms with van der Waals surface area (Å²) in [5.41, 5.74) is 7.63. The van der Waals surface area contributed by atoms with Crippen LogP contribution < -0.4 is 10.7 Å². The summed E-state index contributed by atoms with van der Waals surface area (Å²) in [6.45, 7) is 4.15. The van der Waals surface area contributed by atoms with Crippen LogP contribution in [0.25, 0.3) is 0 Å². The van der Waals surface area contributed by atoms with Crippen LogP contribution in [0.2, 0.25) is 0 Å². The van der Waals surface area contributed by atoms with Crippen LogP contribution in [-0.4, -0.2) is 10.8 Å². The van der Waals surface area contributed by atoms with Crippen LogP contribution in [0.3, 0.4) is 0 Å². The van der Waals surface area contributed by atoms with E-state index in [9.17, 15) is 0 Å². The van der Waals surface area contributed by atoms with Gasteiger partial charge in [0.2, 0.25) is 0 Å². The van der Waals surface area contributed by atoms with Crippen molar-refractivity contribution in [1.29, 1.82) is 0 Å². The summed E-state index contributed by atoms with van der Waals surface area (Å²) in [6, 6.07) is 6.20. The summed E-state index contributed by atoms with van der Waals surface area (Å²) in [7, 11) is 0. The van der Waals surface area contributed by atoms with E-state index < -0.39 is 0 Å². The van der Waals surface area contributed by atoms with E-state index in [1.165, 1.54) is 23.3 Å². The van der Waals surface area contributed by atoms with Crippen molar-refractivity contribution in [2.45, 2.75) is 26.7 Å². The SMILES string of the molecule is Cc1cccc(C)c1NC(=S)N/N=C1/C[C@@H]2CC=C[C@@H]12. The second-order valence-electron chi connectivity index (χ2n) is 5.59. The number of hydrazone groups is 1. The van der Waals surface area contributed by atoms with Gasteiger partial charge in [-0.2, -0.15) is 5.10 Å². The van der Waals surface area contributed by atoms with Crippen LogP contribution in [0.15, 0.2) is 35.5 Å². The predicted molar refractivity (Wildman–Crippen MR) is 88.1 cm³/mol. The molecule has 1 aromatic rings. The van der Waals surface area contributed by atoms with Gasteiger partial charge in [-0.15, -0.1) is 0 Å². The molecular formula is C16H19N3S. The first kappa shape index (κ1) is 13.3. The van der Waals surface area contributed by atoms with Gasteiger partial charge in [0.15, 0.2) is 5.11 Å². The number of hydrogen-bond donors (Lipinski definition) is 2. The van der Waals surface area contributed by atoms with Gasteiger partial charge < -0.3 is 5.32 Å². The Morgan fingerprint density at radius 3 is 2.75 bits per heavy atom. The first-order valence-corrected chi connectivity index (χ1v) is 7.42. The minimum Gasteiger partial charge on any atom is -0.331 e. The lowest BCUT2D eigenvalue weighted by Gasteiger charge is -2.31. The number of thiocarbonyl (C=S) groups is 1. The number of nitrogens with zero attached hydrogens (tertiary/aromatic N) is 1. The number of aryl methyl sites for hydroxylation is 2. The lowest BCUT2D eigenvalue weighted by atomic mass is 9.74. The Hall–Kier alpha value is -1.68. The molecule has 3 rings (SSSR count). The van der Waals surface area contributed by atoms with Gasteiger partial charge in [-0.05, 0) is 56.0 Å². The van der Waals surface area contributed by atoms with Crippen LogP contribution >= 0.6 is 12.2 Å². The number of hydrogen-bond acceptors (Lipinski definition) is 2. The van der Waals surface area contributed by atoms with E-state index in [1.807, 2.05) is 6.07 Å². The molecule has 2 atom stereocenters. The van der Waals surface area contributed by atoms with E-state index >= 15 is 0 Å². The average Bonchev–Trinajstić information content (AvgIpc) is 2.76. The Labute approximate surface area is 125 Å². The summed E-state index contributed by atoms with van der Waals surface area (Å²) in [5.74, 6) is 1.33. The number of rotatable bonds is 2. The highest BCUT2D eigenvalue weighted by molar-refractivity contribution is 7.80. The maximum atomic E-state index is 5.32. The summed E-state index contributed by atoms with van der Waals surface area (Å²) in [6.07, 6.45) is 6.81. The Morgan fingerprint density at radius 1 is 1.30 bits per heavy atom. The smallest absolute Gasteiger partial charge is 0.191 e. The maximum absolute atomic E-state index is 5.32. The van der Waals surface area contributed by atoms with Crippen molar-refractivity contribution < 1.29 is 0 Å². The monoisotopic (exact) mass is 285 g/mol. The fraction of sp³-hybridized carbons (Fsp3) is 0.375. The zero-order chi connectivity index (χ0) is 14.1. The van der Waals surface area contributed by atoms with Gasteiger partial charge in [0.25, 0.3) is 0 Å². The van der Waals surface area contributed by atoms with Crippen molar-refractivity contribution >= 4 is 28.7 Å². The maximum Gasteiger partial charge on any atom is 0.191 e. The molecule has 0 amide bonds. The average molecular weight is 285 g/mol. The van der Waals surface area contributed by atoms with Crippen LogP contribution in [-0.2, 0) is 0 Å². The van der Waals surface area contributed by atoms with Crippen molar-refractivity contribution in [2.24, 2.45) is 16.9 Å². The van der Waals surface area contributed by atoms with Crippen LogP contribution in [0.4, 0.5) is 5.69 Å². The molecule has 0 spiro atoms. The van der Waals surface area contributed by atoms with E-state index in [1.54, 1.807) is 0 Å². The lowest BCUT2D eigenvalue weighted by molar-refractivity contribution is 0.444. The lowest BCUT2D eigenvalue weighted by Crippen LogP contribution is -2.36. The molecule has 0 unspecified atom stereocenters. The molecule has 20 heavy (non-hydrogen) atoms. The molecule has 1 aromatic carbocycles. The van der Waals surface area contributed by atoms with Gasteiger partial charge in [0.05, 0.1) is 0 Å². The number of benzene rings is 1. The van der Waals surface area contributed by atoms with Crippen molar-refractivity contribution in [3.05, 3.63) is 41.5 Å². The molecule has 0 heterocycles. The Bertz CT molecular complexity index is 583. The van der Waals surface area contributed by atoms with E-state index in [0.717, 1.165) is 18.0 Å². The number of para-hydroxylation sites is 1. The molecule has 1 fully saturated rings. The van der Waals surface area contributed by atoms with Gasteiger partial charge in [0.1, 0.15) is 0 Å². The first-order valence-electron chi connectivity index (χ1n) is 7.01. The standard InChI is InChI=1S/C16H19N3S/c1-10-5-3-6-11(2)15(10)17-16(20)19-18-14-9-12-7-4-8-13(12)14/h3-6,8,12-13H,7,9H2,1-2H3,(H2,17,19,20)/b18-14-/t12-,13+/m0/s1. The zero-order valence-corrected chi connectivity index (χ0v) is 12.6. The quantitative estimate of drug-likeness (QED) is 0.496. The number of allylic oxidation sites excluding steroid dienone is 2. The Kier molecular flexibility index (Phi) is 3.57. The third kappa shape index (κ3) is 2.48. The van der Waals surface area contributed by atoms with Crippen LogP contribution in [0, 0.1) is 25.7 Å². The molecule has 0 saturated heterocycles. The van der Waals surface area contributed by atoms with E-state index in [4.69, 9.17) is 12.2 Å². The molecule has 0 bridgehead atoms. The van der Waals surface area contributed by atoms with Crippen molar-refractivity contribution in [2.75, 3.05) is 5.32 Å². The van der Waals surface area contributed by atoms with Gasteiger partial charge in [-0.3, -0.25) is 5.43 Å². The predicted octanol–water partition coefficient (Wildman–Crippen LogP) is 3.54. The highest BCUT2D eigenvalue weighted by Crippen LogP contribution is 2.40. The summed E-state index contributed by atoms with van der Waals surface area (Å²) in [5, 5.41) is 8.23. The molecule has 4 heteroatoms. The van der Waals surface area contributed by atoms with Crippen molar-refractivity contribution in [3.8, 4) is 0 Å². The Balaban J connectivity index is 1.61. The fourth-order valence-corrected chi connectivity index (χ4v) is 3.08. The topological polar surface area (TPSA) is 36.4 Å². The second-order valence-corrected chi connectivity index (χ2v) is 6.00. The van der Waals surface area contributed by atoms with Gasteiger partial charge in [-0.1, -0.05) is 30.4 Å². The first-order chi connectivity index (χ1) is 9.65. The second kappa shape index (κ2) is 5.37. The molecule has 2 N–H and O–H groups in total. The van der Waals surface area contributed by atoms with Gasteiger partial charge >= 0.3 is 0 Å². The number of nitrogens with one attached hydrogen (secondary N) is 2. The van der Waals surface area contributed by atoms with Gasteiger partial charge in [-0.25, -0.2) is 0 Å². The van der Waals surface area contributed by atoms with Crippen molar-refractivity contribution in [1.82, 2.24) is 5.43 Å². The van der Waals surface area contributed by atoms with E-state index in [2.05, 4.69) is 54.0 Å². The third-order valence-corrected chi connectivity index (χ3v) is 4.36. The molecule has 0 radical (unpaired) electrons. The molecular weight excluding hydrogens is 266 g/mol. The normalized spacial score (nSPS) is 25.2. The van der Waals surface area contributed by atoms with E-state index in [0.29, 0.717) is 11.0 Å². The number of fused-ring (bicyclic) bond motifs is 1. The minimum absolute atomic E-state index is 0.547. The molecule has 0 aliphatic heterocycles. The highest BCUT2D eigenvalue weighted by Gasteiger charge is 2.37. The summed E-state index contributed by atoms with van der Waals surface area (Å²) in [4.78, 5) is 0. The third-order valence-electron chi connectivity index (χ3n) is 4.17.